The largest absolute Gasteiger partial charge is 0.463 e. The van der Waals surface area contributed by atoms with Crippen LogP contribution in [0.15, 0.2) is 0 Å². The Balaban J connectivity index is 2.28. The number of hydrogen-bond donors (Lipinski definition) is 0. The molecule has 0 saturated carbocycles. The first-order valence-electron chi connectivity index (χ1n) is 20.3. The SMILES string of the molecule is CC(=O)OC[C@H]1O[C@H](OC[C@H]2O[C@H](O[C@]3(COC(C)=O)O[C@H](COC(C)=O)[C@@H](OC(C)=O)[C@@H]3OC(C)=O)[C@H](OC(C)=O)[C@@H](OC(C)=O)[C@@H]2OC(C)=O)[C@H](OC(C)=O)[C@@H](OC(C)=O)[C@H]1OC(C)=O. The first kappa shape index (κ1) is 55.3. The summed E-state index contributed by atoms with van der Waals surface area (Å²) >= 11 is 0. The molecular weight excluding hydrogens is 912 g/mol. The van der Waals surface area contributed by atoms with Gasteiger partial charge in [0.2, 0.25) is 12.1 Å². The van der Waals surface area contributed by atoms with Gasteiger partial charge >= 0.3 is 65.7 Å². The average molecular weight is 967 g/mol. The second-order valence-electron chi connectivity index (χ2n) is 14.9. The van der Waals surface area contributed by atoms with Crippen LogP contribution >= 0.6 is 0 Å². The number of hydrogen-bond acceptors (Lipinski definition) is 27. The van der Waals surface area contributed by atoms with E-state index in [0.29, 0.717) is 0 Å². The van der Waals surface area contributed by atoms with Gasteiger partial charge in [-0.25, -0.2) is 0 Å². The van der Waals surface area contributed by atoms with Crippen molar-refractivity contribution in [3.8, 4) is 0 Å². The maximum absolute atomic E-state index is 12.8. The molecule has 0 radical (unpaired) electrons. The summed E-state index contributed by atoms with van der Waals surface area (Å²) in [5.41, 5.74) is 0. The molecule has 27 nitrogen and oxygen atoms in total. The minimum absolute atomic E-state index is 0.650. The van der Waals surface area contributed by atoms with Crippen molar-refractivity contribution in [3.63, 3.8) is 0 Å². The van der Waals surface area contributed by atoms with Crippen LogP contribution < -0.4 is 0 Å². The van der Waals surface area contributed by atoms with Gasteiger partial charge in [-0.1, -0.05) is 0 Å². The van der Waals surface area contributed by atoms with Crippen molar-refractivity contribution in [2.45, 2.75) is 162 Å². The maximum Gasteiger partial charge on any atom is 0.303 e. The smallest absolute Gasteiger partial charge is 0.303 e. The third-order valence-corrected chi connectivity index (χ3v) is 9.16. The summed E-state index contributed by atoms with van der Waals surface area (Å²) < 4.78 is 90.3. The van der Waals surface area contributed by atoms with E-state index in [-0.39, 0.29) is 0 Å². The van der Waals surface area contributed by atoms with E-state index in [2.05, 4.69) is 0 Å². The van der Waals surface area contributed by atoms with Gasteiger partial charge in [0.25, 0.3) is 0 Å². The van der Waals surface area contributed by atoms with Gasteiger partial charge in [0.15, 0.2) is 55.1 Å². The highest BCUT2D eigenvalue weighted by Crippen LogP contribution is 2.42. The Morgan fingerprint density at radius 3 is 1.12 bits per heavy atom. The molecule has 0 aromatic rings. The van der Waals surface area contributed by atoms with E-state index < -0.39 is 178 Å². The zero-order valence-corrected chi connectivity index (χ0v) is 38.4. The number of rotatable bonds is 19. The molecule has 0 amide bonds. The van der Waals surface area contributed by atoms with Gasteiger partial charge in [-0.15, -0.1) is 0 Å². The molecule has 0 aromatic heterocycles. The molecule has 3 aliphatic heterocycles. The van der Waals surface area contributed by atoms with Crippen LogP contribution in [0.5, 0.6) is 0 Å². The third-order valence-electron chi connectivity index (χ3n) is 9.16. The fraction of sp³-hybridized carbons (Fsp3) is 0.725. The van der Waals surface area contributed by atoms with Crippen LogP contribution in [0, 0.1) is 0 Å². The minimum Gasteiger partial charge on any atom is -0.463 e. The molecule has 3 aliphatic rings. The van der Waals surface area contributed by atoms with Crippen LogP contribution in [-0.2, 0) is 129 Å². The third kappa shape index (κ3) is 16.4. The number of carbonyl (C=O) groups excluding carboxylic acids is 11. The van der Waals surface area contributed by atoms with Gasteiger partial charge in [0, 0.05) is 76.2 Å². The standard InChI is InChI=1S/C40H54O27/c1-16(41)52-12-27-30(56-19(4)44)33(59-22(7)47)35(61-24(9)49)38(64-27)54-13-28-31(57-20(5)45)34(60-23(8)48)36(62-25(10)50)39(65-28)67-40(15-55-18(3)43)37(63-26(11)51)32(58-21(6)46)29(66-40)14-53-17(2)42/h27-39H,12-15H2,1-11H3/t27-,28-,29-,30+,31-,32-,33+,34+,35-,36-,37+,38+,39-,40+/m1/s1. The van der Waals surface area contributed by atoms with Crippen molar-refractivity contribution in [2.75, 3.05) is 26.4 Å². The molecule has 0 N–H and O–H groups in total. The van der Waals surface area contributed by atoms with Gasteiger partial charge in [0.1, 0.15) is 38.1 Å². The fourth-order valence-corrected chi connectivity index (χ4v) is 7.07. The van der Waals surface area contributed by atoms with Gasteiger partial charge in [0.05, 0.1) is 6.61 Å². The van der Waals surface area contributed by atoms with E-state index in [1.54, 1.807) is 0 Å². The van der Waals surface area contributed by atoms with Crippen molar-refractivity contribution in [1.29, 1.82) is 0 Å². The molecule has 0 unspecified atom stereocenters. The fourth-order valence-electron chi connectivity index (χ4n) is 7.07. The Morgan fingerprint density at radius 1 is 0.358 bits per heavy atom. The van der Waals surface area contributed by atoms with Crippen molar-refractivity contribution in [1.82, 2.24) is 0 Å². The number of ether oxygens (including phenoxy) is 16. The molecule has 67 heavy (non-hydrogen) atoms. The topological polar surface area (TPSA) is 335 Å². The van der Waals surface area contributed by atoms with Gasteiger partial charge < -0.3 is 75.8 Å². The molecule has 376 valence electrons. The highest BCUT2D eigenvalue weighted by atomic mass is 16.8. The molecule has 3 fully saturated rings. The Kier molecular flexibility index (Phi) is 20.3. The van der Waals surface area contributed by atoms with Gasteiger partial charge in [-0.2, -0.15) is 0 Å². The summed E-state index contributed by atoms with van der Waals surface area (Å²) in [6, 6.07) is 0. The average Bonchev–Trinajstić information content (AvgIpc) is 3.44. The maximum atomic E-state index is 12.8. The summed E-state index contributed by atoms with van der Waals surface area (Å²) in [5, 5.41) is 0. The highest BCUT2D eigenvalue weighted by molar-refractivity contribution is 5.71. The minimum atomic E-state index is -2.66. The molecule has 3 saturated heterocycles. The quantitative estimate of drug-likeness (QED) is 0.107. The molecule has 0 bridgehead atoms. The zero-order chi connectivity index (χ0) is 50.5. The second kappa shape index (κ2) is 24.7. The van der Waals surface area contributed by atoms with Crippen molar-refractivity contribution >= 4 is 65.7 Å². The monoisotopic (exact) mass is 966 g/mol. The molecule has 3 rings (SSSR count). The van der Waals surface area contributed by atoms with Crippen LogP contribution in [0.4, 0.5) is 0 Å². The second-order valence-corrected chi connectivity index (χ2v) is 14.9. The molecule has 3 heterocycles. The lowest BCUT2D eigenvalue weighted by atomic mass is 9.97. The van der Waals surface area contributed by atoms with Gasteiger partial charge in [-0.05, 0) is 0 Å². The zero-order valence-electron chi connectivity index (χ0n) is 38.4. The first-order valence-corrected chi connectivity index (χ1v) is 20.3. The van der Waals surface area contributed by atoms with Crippen molar-refractivity contribution < 1.29 is 129 Å². The summed E-state index contributed by atoms with van der Waals surface area (Å²) in [7, 11) is 0. The van der Waals surface area contributed by atoms with Gasteiger partial charge in [-0.3, -0.25) is 52.7 Å². The van der Waals surface area contributed by atoms with E-state index in [1.807, 2.05) is 0 Å². The van der Waals surface area contributed by atoms with E-state index in [1.165, 1.54) is 0 Å². The van der Waals surface area contributed by atoms with Crippen LogP contribution in [-0.4, -0.2) is 178 Å². The number of carbonyl (C=O) groups is 11. The summed E-state index contributed by atoms with van der Waals surface area (Å²) in [6.07, 6.45) is -23.3. The summed E-state index contributed by atoms with van der Waals surface area (Å²) in [4.78, 5) is 137. The van der Waals surface area contributed by atoms with E-state index >= 15 is 0 Å². The lowest BCUT2D eigenvalue weighted by Crippen LogP contribution is -2.66. The Labute approximate surface area is 382 Å². The lowest BCUT2D eigenvalue weighted by Gasteiger charge is -2.47. The molecule has 27 heteroatoms. The van der Waals surface area contributed by atoms with E-state index in [0.717, 1.165) is 76.2 Å². The Morgan fingerprint density at radius 2 is 0.701 bits per heavy atom. The predicted molar refractivity (Wildman–Crippen MR) is 206 cm³/mol. The summed E-state index contributed by atoms with van der Waals surface area (Å²) in [6.45, 7) is 7.51. The van der Waals surface area contributed by atoms with E-state index in [4.69, 9.17) is 75.8 Å². The van der Waals surface area contributed by atoms with Crippen LogP contribution in [0.2, 0.25) is 0 Å². The molecule has 14 atom stereocenters. The van der Waals surface area contributed by atoms with E-state index in [9.17, 15) is 52.7 Å². The normalized spacial score (nSPS) is 31.1. The molecule has 0 aliphatic carbocycles. The Bertz CT molecular complexity index is 1860. The predicted octanol–water partition coefficient (Wildman–Crippen LogP) is -1.29. The van der Waals surface area contributed by atoms with Crippen LogP contribution in [0.3, 0.4) is 0 Å². The Hall–Kier alpha value is -6.03. The van der Waals surface area contributed by atoms with Crippen molar-refractivity contribution in [2.24, 2.45) is 0 Å². The van der Waals surface area contributed by atoms with Crippen molar-refractivity contribution in [3.05, 3.63) is 0 Å². The lowest BCUT2D eigenvalue weighted by molar-refractivity contribution is -0.388. The molecule has 0 spiro atoms. The van der Waals surface area contributed by atoms with Crippen LogP contribution in [0.25, 0.3) is 0 Å². The van der Waals surface area contributed by atoms with Crippen LogP contribution in [0.1, 0.15) is 76.2 Å². The molecular formula is C40H54O27. The highest BCUT2D eigenvalue weighted by Gasteiger charge is 2.65. The molecule has 0 aromatic carbocycles. The summed E-state index contributed by atoms with van der Waals surface area (Å²) in [5.74, 6) is -13.3. The number of esters is 11. The first-order chi connectivity index (χ1) is 31.2.